The summed E-state index contributed by atoms with van der Waals surface area (Å²) in [6.07, 6.45) is -2.20. The van der Waals surface area contributed by atoms with Crippen molar-refractivity contribution in [2.24, 2.45) is 45.5 Å². The predicted octanol–water partition coefficient (Wildman–Crippen LogP) is -5.57. The van der Waals surface area contributed by atoms with Crippen LogP contribution in [0.5, 0.6) is 5.75 Å². The number of guanidine groups is 1. The zero-order valence-corrected chi connectivity index (χ0v) is 61.6. The molecule has 1 aromatic rings. The number of aromatic hydroxyl groups is 1. The van der Waals surface area contributed by atoms with Crippen LogP contribution >= 0.6 is 11.8 Å². The van der Waals surface area contributed by atoms with E-state index in [9.17, 15) is 107 Å². The summed E-state index contributed by atoms with van der Waals surface area (Å²) in [5, 5.41) is 74.4. The van der Waals surface area contributed by atoms with Gasteiger partial charge in [-0.3, -0.25) is 81.7 Å². The van der Waals surface area contributed by atoms with Gasteiger partial charge < -0.3 is 118 Å². The van der Waals surface area contributed by atoms with Crippen LogP contribution in [0, 0.1) is 11.8 Å². The average Bonchev–Trinajstić information content (AvgIpc) is 1.64. The van der Waals surface area contributed by atoms with Gasteiger partial charge in [-0.1, -0.05) is 46.2 Å². The molecule has 40 nitrogen and oxygen atoms in total. The number of benzene rings is 1. The van der Waals surface area contributed by atoms with Crippen molar-refractivity contribution >= 4 is 118 Å². The molecule has 1 fully saturated rings. The van der Waals surface area contributed by atoms with Gasteiger partial charge in [0.25, 0.3) is 0 Å². The molecule has 1 saturated heterocycles. The quantitative estimate of drug-likeness (QED) is 0.0164. The summed E-state index contributed by atoms with van der Waals surface area (Å²) in [6, 6.07) is -13.1. The highest BCUT2D eigenvalue weighted by atomic mass is 32.2. The Bertz CT molecular complexity index is 3290. The number of carboxylic acids is 4. The van der Waals surface area contributed by atoms with Crippen LogP contribution in [0.25, 0.3) is 0 Å². The Morgan fingerprint density at radius 1 is 0.570 bits per heavy atom. The van der Waals surface area contributed by atoms with Gasteiger partial charge in [0.2, 0.25) is 76.8 Å². The molecular weight excluding hydrogens is 1430 g/mol. The molecule has 13 atom stereocenters. The van der Waals surface area contributed by atoms with Crippen LogP contribution in [-0.4, -0.2) is 248 Å². The Balaban J connectivity index is 2.51. The molecule has 0 spiro atoms. The summed E-state index contributed by atoms with van der Waals surface area (Å²) < 4.78 is 0. The van der Waals surface area contributed by atoms with Gasteiger partial charge >= 0.3 is 23.9 Å². The molecule has 1 heterocycles. The van der Waals surface area contributed by atoms with Gasteiger partial charge in [0, 0.05) is 32.4 Å². The molecule has 0 saturated carbocycles. The Hall–Kier alpha value is -10.4. The van der Waals surface area contributed by atoms with E-state index in [2.05, 4.69) is 63.5 Å². The molecule has 2 rings (SSSR count). The molecule has 26 N–H and O–H groups in total. The third-order valence-electron chi connectivity index (χ3n) is 16.9. The van der Waals surface area contributed by atoms with E-state index in [1.165, 1.54) is 40.9 Å². The molecule has 0 aromatic heterocycles. The van der Waals surface area contributed by atoms with E-state index in [1.54, 1.807) is 20.1 Å². The van der Waals surface area contributed by atoms with Crippen LogP contribution < -0.4 is 87.2 Å². The lowest BCUT2D eigenvalue weighted by atomic mass is 9.96. The number of carbonyl (C=O) groups excluding carboxylic acids is 13. The topological polar surface area (TPSA) is 669 Å². The molecule has 598 valence electrons. The fraction of sp³-hybridized carbons (Fsp3) is 0.636. The summed E-state index contributed by atoms with van der Waals surface area (Å²) in [4.78, 5) is 232. The SMILES string of the molecule is CC[C@H](C)[C@H](NC(=O)[C@H](CCCCN)NC(=O)[C@H](Cc1ccc(O)cc1)NC(=O)[C@H](CCC(=O)O)NC(=O)[C@@H](N)CC(C)C)C(=O)N1CCC[C@H]1C(=O)N[C@@H](CCCN=C(N)N)C(=O)N[C@@H](CC(N)=O)C(=O)N[C@@H](CCC(=O)O)C(=O)N[C@@H](C)C(=O)N[C@@H](CC(=O)O)C(=O)NCC(=O)N[C@@H](CCSC)C(=O)O. The monoisotopic (exact) mass is 1530 g/mol. The van der Waals surface area contributed by atoms with Crippen LogP contribution in [0.1, 0.15) is 143 Å². The third-order valence-corrected chi connectivity index (χ3v) is 17.5. The minimum absolute atomic E-state index is 0.000405. The number of nitrogens with zero attached hydrogens (tertiary/aromatic N) is 2. The highest BCUT2D eigenvalue weighted by Gasteiger charge is 2.42. The average molecular weight is 1540 g/mol. The number of primary amides is 1. The molecule has 41 heteroatoms. The summed E-state index contributed by atoms with van der Waals surface area (Å²) in [5.41, 5.74) is 28.9. The van der Waals surface area contributed by atoms with Crippen LogP contribution in [0.2, 0.25) is 0 Å². The number of carboxylic acid groups (broad SMARTS) is 4. The van der Waals surface area contributed by atoms with Crippen molar-refractivity contribution in [2.75, 3.05) is 38.2 Å². The normalized spacial score (nSPS) is 15.8. The minimum Gasteiger partial charge on any atom is -0.508 e. The summed E-state index contributed by atoms with van der Waals surface area (Å²) in [7, 11) is 0. The first-order chi connectivity index (χ1) is 50.3. The number of nitrogens with two attached hydrogens (primary N) is 5. The van der Waals surface area contributed by atoms with Gasteiger partial charge in [0.15, 0.2) is 5.96 Å². The van der Waals surface area contributed by atoms with Crippen molar-refractivity contribution in [2.45, 2.75) is 216 Å². The zero-order valence-electron chi connectivity index (χ0n) is 60.8. The fourth-order valence-electron chi connectivity index (χ4n) is 10.9. The van der Waals surface area contributed by atoms with Gasteiger partial charge in [-0.15, -0.1) is 0 Å². The molecule has 0 unspecified atom stereocenters. The smallest absolute Gasteiger partial charge is 0.326 e. The van der Waals surface area contributed by atoms with Gasteiger partial charge in [-0.25, -0.2) is 4.79 Å². The van der Waals surface area contributed by atoms with Crippen molar-refractivity contribution in [3.63, 3.8) is 0 Å². The molecule has 1 aliphatic heterocycles. The molecule has 1 aliphatic rings. The Kier molecular flexibility index (Phi) is 41.5. The van der Waals surface area contributed by atoms with Gasteiger partial charge in [-0.2, -0.15) is 11.8 Å². The molecule has 0 radical (unpaired) electrons. The maximum atomic E-state index is 15.0. The maximum absolute atomic E-state index is 15.0. The van der Waals surface area contributed by atoms with Crippen molar-refractivity contribution in [3.05, 3.63) is 29.8 Å². The molecular formula is C66H106N18O22S. The molecule has 13 amide bonds. The molecule has 0 bridgehead atoms. The first kappa shape index (κ1) is 92.6. The van der Waals surface area contributed by atoms with Crippen LogP contribution in [-0.2, 0) is 87.9 Å². The number of rotatable bonds is 51. The number of hydrogen-bond acceptors (Lipinski definition) is 22. The molecule has 0 aliphatic carbocycles. The number of hydrogen-bond donors (Lipinski definition) is 21. The van der Waals surface area contributed by atoms with E-state index in [4.69, 9.17) is 28.7 Å². The number of amides is 13. The maximum Gasteiger partial charge on any atom is 0.326 e. The first-order valence-electron chi connectivity index (χ1n) is 34.9. The van der Waals surface area contributed by atoms with Crippen molar-refractivity contribution < 1.29 is 107 Å². The van der Waals surface area contributed by atoms with Crippen LogP contribution in [0.3, 0.4) is 0 Å². The minimum atomic E-state index is -1.99. The fourth-order valence-corrected chi connectivity index (χ4v) is 11.3. The Morgan fingerprint density at radius 3 is 1.61 bits per heavy atom. The number of phenols is 1. The standard InChI is InChI=1S/C66H106N18O22S/c1-7-34(4)53(83-60(100)39(12-8-9-24-67)77-61(101)44(29-36-15-17-37(85)18-16-36)81-59(99)42(20-22-51(90)91)76-55(95)38(68)28-33(2)3)64(104)84-26-11-14-47(84)63(103)79-40(13-10-25-72-66(70)71)58(98)82-45(30-48(69)86)62(102)78-41(19-21-50(88)89)57(97)74-35(5)54(94)80-46(31-52(92)93)56(96)73-32-49(87)75-43(65(105)106)23-27-107-6/h15-18,33-35,38-47,53,85H,7-14,19-32,67-68H2,1-6H3,(H2,69,86)(H,73,96)(H,74,97)(H,75,87)(H,76,95)(H,77,101)(H,78,102)(H,79,103)(H,80,94)(H,81,99)(H,82,98)(H,83,100)(H,88,89)(H,90,91)(H,92,93)(H,105,106)(H4,70,71,72)/t34-,35-,38-,39-,40-,41-,42-,43-,44-,45-,46-,47-,53-/m0/s1. The summed E-state index contributed by atoms with van der Waals surface area (Å²) >= 11 is 1.31. The Morgan fingerprint density at radius 2 is 1.07 bits per heavy atom. The highest BCUT2D eigenvalue weighted by molar-refractivity contribution is 7.98. The van der Waals surface area contributed by atoms with Crippen molar-refractivity contribution in [1.29, 1.82) is 0 Å². The van der Waals surface area contributed by atoms with Gasteiger partial charge in [-0.05, 0) is 126 Å². The second-order valence-corrected chi connectivity index (χ2v) is 27.1. The number of thioether (sulfide) groups is 1. The lowest BCUT2D eigenvalue weighted by Crippen LogP contribution is -2.61. The molecule has 107 heavy (non-hydrogen) atoms. The number of phenolic OH excluding ortho intramolecular Hbond substituents is 1. The van der Waals surface area contributed by atoms with Gasteiger partial charge in [0.05, 0.1) is 25.4 Å². The van der Waals surface area contributed by atoms with E-state index in [1.807, 2.05) is 13.8 Å². The number of aliphatic imine (C=N–C) groups is 1. The van der Waals surface area contributed by atoms with Crippen molar-refractivity contribution in [1.82, 2.24) is 63.4 Å². The lowest BCUT2D eigenvalue weighted by Gasteiger charge is -2.33. The highest BCUT2D eigenvalue weighted by Crippen LogP contribution is 2.23. The Labute approximate surface area is 622 Å². The van der Waals surface area contributed by atoms with E-state index in [0.717, 1.165) is 6.92 Å². The van der Waals surface area contributed by atoms with E-state index in [0.29, 0.717) is 17.7 Å². The second-order valence-electron chi connectivity index (χ2n) is 26.2. The van der Waals surface area contributed by atoms with Crippen LogP contribution in [0.4, 0.5) is 0 Å². The third kappa shape index (κ3) is 35.0. The van der Waals surface area contributed by atoms with E-state index in [-0.39, 0.29) is 101 Å². The second kappa shape index (κ2) is 47.9. The zero-order chi connectivity index (χ0) is 80.8. The predicted molar refractivity (Wildman–Crippen MR) is 385 cm³/mol. The van der Waals surface area contributed by atoms with E-state index < -0.39 is 224 Å². The number of aliphatic carboxylic acids is 4. The number of carbonyl (C=O) groups is 17. The van der Waals surface area contributed by atoms with Crippen LogP contribution in [0.15, 0.2) is 29.3 Å². The largest absolute Gasteiger partial charge is 0.508 e. The van der Waals surface area contributed by atoms with Gasteiger partial charge in [0.1, 0.15) is 72.2 Å². The molecule has 1 aromatic carbocycles. The number of unbranched alkanes of at least 4 members (excludes halogenated alkanes) is 1. The van der Waals surface area contributed by atoms with Crippen molar-refractivity contribution in [3.8, 4) is 5.75 Å². The number of nitrogens with one attached hydrogen (secondary N) is 11. The van der Waals surface area contributed by atoms with E-state index >= 15 is 0 Å². The number of likely N-dealkylation sites (tertiary alicyclic amines) is 1. The lowest BCUT2D eigenvalue weighted by molar-refractivity contribution is -0.143. The summed E-state index contributed by atoms with van der Waals surface area (Å²) in [6.45, 7) is 7.18. The summed E-state index contributed by atoms with van der Waals surface area (Å²) in [5.74, 6) is -20.1. The first-order valence-corrected chi connectivity index (χ1v) is 36.3.